The van der Waals surface area contributed by atoms with E-state index in [1.807, 2.05) is 43.0 Å². The van der Waals surface area contributed by atoms with Crippen molar-refractivity contribution in [3.8, 4) is 0 Å². The SMILES string of the molecule is CC1CN(C(=O)CSc2nccc3ccccc23)CC(C)O1. The van der Waals surface area contributed by atoms with Gasteiger partial charge in [0.15, 0.2) is 0 Å². The van der Waals surface area contributed by atoms with Gasteiger partial charge in [-0.05, 0) is 25.3 Å². The molecule has 2 unspecified atom stereocenters. The molecule has 1 aromatic heterocycles. The normalized spacial score (nSPS) is 22.0. The van der Waals surface area contributed by atoms with Crippen LogP contribution in [-0.2, 0) is 9.53 Å². The first kappa shape index (κ1) is 15.3. The number of pyridine rings is 1. The van der Waals surface area contributed by atoms with Crippen LogP contribution in [0.1, 0.15) is 13.8 Å². The van der Waals surface area contributed by atoms with E-state index in [1.165, 1.54) is 11.8 Å². The number of fused-ring (bicyclic) bond motifs is 1. The lowest BCUT2D eigenvalue weighted by atomic mass is 10.2. The number of amides is 1. The van der Waals surface area contributed by atoms with Crippen LogP contribution in [0.4, 0.5) is 0 Å². The van der Waals surface area contributed by atoms with Crippen LogP contribution >= 0.6 is 11.8 Å². The summed E-state index contributed by atoms with van der Waals surface area (Å²) in [6.45, 7) is 5.37. The zero-order valence-corrected chi connectivity index (χ0v) is 13.7. The lowest BCUT2D eigenvalue weighted by molar-refractivity contribution is -0.140. The van der Waals surface area contributed by atoms with Gasteiger partial charge < -0.3 is 9.64 Å². The van der Waals surface area contributed by atoms with E-state index in [4.69, 9.17) is 4.74 Å². The molecule has 0 aliphatic carbocycles. The molecule has 22 heavy (non-hydrogen) atoms. The summed E-state index contributed by atoms with van der Waals surface area (Å²) in [7, 11) is 0. The second-order valence-electron chi connectivity index (χ2n) is 5.68. The smallest absolute Gasteiger partial charge is 0.233 e. The Hall–Kier alpha value is -1.59. The molecule has 0 saturated carbocycles. The van der Waals surface area contributed by atoms with E-state index in [9.17, 15) is 4.79 Å². The molecule has 1 aliphatic rings. The third-order valence-electron chi connectivity index (χ3n) is 3.74. The number of hydrogen-bond donors (Lipinski definition) is 0. The standard InChI is InChI=1S/C17H20N2O2S/c1-12-9-19(10-13(2)21-12)16(20)11-22-17-15-6-4-3-5-14(15)7-8-18-17/h3-8,12-13H,9-11H2,1-2H3. The molecule has 2 aromatic rings. The molecule has 1 saturated heterocycles. The molecule has 1 amide bonds. The summed E-state index contributed by atoms with van der Waals surface area (Å²) in [5, 5.41) is 3.17. The minimum atomic E-state index is 0.105. The van der Waals surface area contributed by atoms with Gasteiger partial charge in [0.05, 0.1) is 18.0 Å². The van der Waals surface area contributed by atoms with Crippen molar-refractivity contribution in [2.75, 3.05) is 18.8 Å². The first-order chi connectivity index (χ1) is 10.6. The van der Waals surface area contributed by atoms with E-state index >= 15 is 0 Å². The molecular weight excluding hydrogens is 296 g/mol. The fourth-order valence-corrected chi connectivity index (χ4v) is 3.73. The van der Waals surface area contributed by atoms with Gasteiger partial charge in [-0.2, -0.15) is 0 Å². The minimum Gasteiger partial charge on any atom is -0.372 e. The Morgan fingerprint density at radius 1 is 1.27 bits per heavy atom. The molecule has 2 heterocycles. The highest BCUT2D eigenvalue weighted by atomic mass is 32.2. The second kappa shape index (κ2) is 6.67. The average molecular weight is 316 g/mol. The predicted molar refractivity (Wildman–Crippen MR) is 89.1 cm³/mol. The number of carbonyl (C=O) groups excluding carboxylic acids is 1. The van der Waals surface area contributed by atoms with Gasteiger partial charge in [0, 0.05) is 24.7 Å². The minimum absolute atomic E-state index is 0.105. The lowest BCUT2D eigenvalue weighted by Gasteiger charge is -2.35. The lowest BCUT2D eigenvalue weighted by Crippen LogP contribution is -2.48. The number of benzene rings is 1. The van der Waals surface area contributed by atoms with Crippen LogP contribution in [0.2, 0.25) is 0 Å². The van der Waals surface area contributed by atoms with Crippen molar-refractivity contribution >= 4 is 28.4 Å². The van der Waals surface area contributed by atoms with Crippen LogP contribution in [-0.4, -0.2) is 46.8 Å². The first-order valence-electron chi connectivity index (χ1n) is 7.53. The maximum atomic E-state index is 12.4. The van der Waals surface area contributed by atoms with Gasteiger partial charge in [0.2, 0.25) is 5.91 Å². The van der Waals surface area contributed by atoms with E-state index in [1.54, 1.807) is 6.20 Å². The van der Waals surface area contributed by atoms with Crippen LogP contribution in [0.25, 0.3) is 10.8 Å². The van der Waals surface area contributed by atoms with Crippen molar-refractivity contribution in [1.82, 2.24) is 9.88 Å². The van der Waals surface area contributed by atoms with Crippen LogP contribution in [0.3, 0.4) is 0 Å². The summed E-state index contributed by atoms with van der Waals surface area (Å²) >= 11 is 1.51. The van der Waals surface area contributed by atoms with Gasteiger partial charge in [-0.25, -0.2) is 4.98 Å². The molecule has 5 heteroatoms. The number of thioether (sulfide) groups is 1. The fraction of sp³-hybridized carbons (Fsp3) is 0.412. The Morgan fingerprint density at radius 2 is 2.00 bits per heavy atom. The van der Waals surface area contributed by atoms with Gasteiger partial charge in [0.1, 0.15) is 5.03 Å². The molecule has 0 radical (unpaired) electrons. The van der Waals surface area contributed by atoms with Crippen LogP contribution in [0.5, 0.6) is 0 Å². The molecule has 2 atom stereocenters. The number of aromatic nitrogens is 1. The highest BCUT2D eigenvalue weighted by Crippen LogP contribution is 2.26. The third-order valence-corrected chi connectivity index (χ3v) is 4.73. The molecule has 0 spiro atoms. The van der Waals surface area contributed by atoms with Gasteiger partial charge in [-0.15, -0.1) is 0 Å². The van der Waals surface area contributed by atoms with Crippen molar-refractivity contribution < 1.29 is 9.53 Å². The molecule has 4 nitrogen and oxygen atoms in total. The fourth-order valence-electron chi connectivity index (χ4n) is 2.81. The molecule has 0 bridgehead atoms. The number of rotatable bonds is 3. The Labute approximate surface area is 134 Å². The number of nitrogens with zero attached hydrogens (tertiary/aromatic N) is 2. The van der Waals surface area contributed by atoms with Crippen LogP contribution < -0.4 is 0 Å². The monoisotopic (exact) mass is 316 g/mol. The van der Waals surface area contributed by atoms with Crippen molar-refractivity contribution in [2.45, 2.75) is 31.1 Å². The Bertz CT molecular complexity index is 661. The van der Waals surface area contributed by atoms with Crippen molar-refractivity contribution in [2.24, 2.45) is 0 Å². The average Bonchev–Trinajstić information content (AvgIpc) is 2.51. The number of hydrogen-bond acceptors (Lipinski definition) is 4. The zero-order chi connectivity index (χ0) is 15.5. The number of morpholine rings is 1. The van der Waals surface area contributed by atoms with E-state index < -0.39 is 0 Å². The summed E-state index contributed by atoms with van der Waals surface area (Å²) in [5.41, 5.74) is 0. The van der Waals surface area contributed by atoms with Crippen molar-refractivity contribution in [3.05, 3.63) is 36.5 Å². The van der Waals surface area contributed by atoms with E-state index in [0.29, 0.717) is 18.8 Å². The molecule has 1 aromatic carbocycles. The quantitative estimate of drug-likeness (QED) is 0.817. The highest BCUT2D eigenvalue weighted by molar-refractivity contribution is 8.00. The number of ether oxygens (including phenoxy) is 1. The summed E-state index contributed by atoms with van der Waals surface area (Å²) < 4.78 is 5.67. The zero-order valence-electron chi connectivity index (χ0n) is 12.9. The van der Waals surface area contributed by atoms with Crippen molar-refractivity contribution in [3.63, 3.8) is 0 Å². The van der Waals surface area contributed by atoms with Gasteiger partial charge in [0.25, 0.3) is 0 Å². The summed E-state index contributed by atoms with van der Waals surface area (Å²) in [5.74, 6) is 0.571. The second-order valence-corrected chi connectivity index (χ2v) is 6.65. The van der Waals surface area contributed by atoms with E-state index in [2.05, 4.69) is 11.1 Å². The van der Waals surface area contributed by atoms with Crippen LogP contribution in [0, 0.1) is 0 Å². The molecule has 0 N–H and O–H groups in total. The first-order valence-corrected chi connectivity index (χ1v) is 8.52. The highest BCUT2D eigenvalue weighted by Gasteiger charge is 2.25. The van der Waals surface area contributed by atoms with Gasteiger partial charge >= 0.3 is 0 Å². The number of carbonyl (C=O) groups is 1. The summed E-state index contributed by atoms with van der Waals surface area (Å²) in [4.78, 5) is 18.7. The maximum Gasteiger partial charge on any atom is 0.233 e. The third kappa shape index (κ3) is 3.42. The molecular formula is C17H20N2O2S. The molecule has 3 rings (SSSR count). The predicted octanol–water partition coefficient (Wildman–Crippen LogP) is 2.96. The topological polar surface area (TPSA) is 42.4 Å². The van der Waals surface area contributed by atoms with E-state index in [0.717, 1.165) is 15.8 Å². The molecule has 116 valence electrons. The van der Waals surface area contributed by atoms with Gasteiger partial charge in [-0.1, -0.05) is 36.0 Å². The Morgan fingerprint density at radius 3 is 2.77 bits per heavy atom. The molecule has 1 fully saturated rings. The molecule has 1 aliphatic heterocycles. The summed E-state index contributed by atoms with van der Waals surface area (Å²) in [6.07, 6.45) is 2.01. The summed E-state index contributed by atoms with van der Waals surface area (Å²) in [6, 6.07) is 10.1. The Kier molecular flexibility index (Phi) is 4.64. The largest absolute Gasteiger partial charge is 0.372 e. The Balaban J connectivity index is 1.67. The van der Waals surface area contributed by atoms with Crippen LogP contribution in [0.15, 0.2) is 41.6 Å². The van der Waals surface area contributed by atoms with Crippen molar-refractivity contribution in [1.29, 1.82) is 0 Å². The van der Waals surface area contributed by atoms with E-state index in [-0.39, 0.29) is 18.1 Å². The maximum absolute atomic E-state index is 12.4. The van der Waals surface area contributed by atoms with Gasteiger partial charge in [-0.3, -0.25) is 4.79 Å².